The van der Waals surface area contributed by atoms with E-state index >= 15 is 0 Å². The third kappa shape index (κ3) is 6.93. The van der Waals surface area contributed by atoms with Gasteiger partial charge in [-0.3, -0.25) is 14.2 Å². The molecular weight excluding hydrogens is 597 g/mol. The molecule has 11 heteroatoms. The van der Waals surface area contributed by atoms with E-state index in [-0.39, 0.29) is 29.7 Å². The minimum atomic E-state index is -0.389. The van der Waals surface area contributed by atoms with E-state index in [4.69, 9.17) is 23.2 Å². The SMILES string of the molecule is Cc1ccc(C)c(NC(=O)CSc2nnc(CNC(=O)c3cc(Cl)ccc3Cl)n2-c2ccc(Br)cc2)c1. The molecule has 0 aliphatic rings. The Bertz CT molecular complexity index is 1460. The van der Waals surface area contributed by atoms with Gasteiger partial charge in [0, 0.05) is 20.9 Å². The summed E-state index contributed by atoms with van der Waals surface area (Å²) in [6, 6.07) is 18.2. The fraction of sp³-hybridized carbons (Fsp3) is 0.154. The number of anilines is 1. The Kier molecular flexibility index (Phi) is 8.91. The first kappa shape index (κ1) is 27.2. The van der Waals surface area contributed by atoms with Crippen LogP contribution in [-0.4, -0.2) is 32.3 Å². The van der Waals surface area contributed by atoms with Crippen LogP contribution in [0.1, 0.15) is 27.3 Å². The number of carbonyl (C=O) groups is 2. The number of amides is 2. The molecule has 0 saturated heterocycles. The highest BCUT2D eigenvalue weighted by molar-refractivity contribution is 9.10. The summed E-state index contributed by atoms with van der Waals surface area (Å²) in [6.07, 6.45) is 0. The standard InChI is InChI=1S/C26H22BrCl2N5O2S/c1-15-3-4-16(2)22(11-15)31-24(35)14-37-26-33-32-23(34(26)19-8-5-17(27)6-9-19)13-30-25(36)20-12-18(28)7-10-21(20)29/h3-12H,13-14H2,1-2H3,(H,30,36)(H,31,35). The summed E-state index contributed by atoms with van der Waals surface area (Å²) in [5.74, 6) is 0.0766. The molecule has 4 rings (SSSR count). The molecule has 1 aromatic heterocycles. The second-order valence-electron chi connectivity index (χ2n) is 8.17. The maximum Gasteiger partial charge on any atom is 0.253 e. The third-order valence-corrected chi connectivity index (χ3v) is 7.39. The van der Waals surface area contributed by atoms with Crippen LogP contribution in [0.4, 0.5) is 5.69 Å². The zero-order valence-corrected chi connectivity index (χ0v) is 23.8. The predicted molar refractivity (Wildman–Crippen MR) is 152 cm³/mol. The number of aryl methyl sites for hydroxylation is 2. The van der Waals surface area contributed by atoms with Crippen molar-refractivity contribution in [3.63, 3.8) is 0 Å². The molecule has 7 nitrogen and oxygen atoms in total. The number of benzene rings is 3. The van der Waals surface area contributed by atoms with Crippen molar-refractivity contribution in [2.45, 2.75) is 25.5 Å². The smallest absolute Gasteiger partial charge is 0.253 e. The molecule has 37 heavy (non-hydrogen) atoms. The van der Waals surface area contributed by atoms with Gasteiger partial charge in [0.2, 0.25) is 5.91 Å². The fourth-order valence-electron chi connectivity index (χ4n) is 3.47. The first-order chi connectivity index (χ1) is 17.7. The van der Waals surface area contributed by atoms with Gasteiger partial charge in [0.05, 0.1) is 22.9 Å². The zero-order chi connectivity index (χ0) is 26.5. The average molecular weight is 619 g/mol. The van der Waals surface area contributed by atoms with Gasteiger partial charge in [0.1, 0.15) is 0 Å². The van der Waals surface area contributed by atoms with Gasteiger partial charge in [-0.2, -0.15) is 0 Å². The molecule has 190 valence electrons. The van der Waals surface area contributed by atoms with Gasteiger partial charge in [-0.05, 0) is 73.5 Å². The normalized spacial score (nSPS) is 10.8. The second kappa shape index (κ2) is 12.1. The average Bonchev–Trinajstić information content (AvgIpc) is 3.28. The highest BCUT2D eigenvalue weighted by atomic mass is 79.9. The van der Waals surface area contributed by atoms with Crippen molar-refractivity contribution in [3.8, 4) is 5.69 Å². The molecule has 0 saturated carbocycles. The van der Waals surface area contributed by atoms with Crippen molar-refractivity contribution in [1.82, 2.24) is 20.1 Å². The molecule has 0 spiro atoms. The van der Waals surface area contributed by atoms with Crippen molar-refractivity contribution >= 4 is 68.4 Å². The quantitative estimate of drug-likeness (QED) is 0.217. The number of hydrogen-bond donors (Lipinski definition) is 2. The molecule has 2 amide bonds. The fourth-order valence-corrected chi connectivity index (χ4v) is 4.88. The summed E-state index contributed by atoms with van der Waals surface area (Å²) < 4.78 is 2.72. The zero-order valence-electron chi connectivity index (χ0n) is 19.9. The molecule has 1 heterocycles. The lowest BCUT2D eigenvalue weighted by molar-refractivity contribution is -0.113. The van der Waals surface area contributed by atoms with Gasteiger partial charge in [-0.1, -0.05) is 63.0 Å². The Morgan fingerprint density at radius 1 is 1.00 bits per heavy atom. The van der Waals surface area contributed by atoms with Crippen molar-refractivity contribution in [2.24, 2.45) is 0 Å². The van der Waals surface area contributed by atoms with Crippen molar-refractivity contribution in [1.29, 1.82) is 0 Å². The molecular formula is C26H22BrCl2N5O2S. The molecule has 3 aromatic carbocycles. The Balaban J connectivity index is 1.52. The second-order valence-corrected chi connectivity index (χ2v) is 10.9. The van der Waals surface area contributed by atoms with Crippen LogP contribution in [-0.2, 0) is 11.3 Å². The molecule has 0 aliphatic heterocycles. The van der Waals surface area contributed by atoms with Crippen LogP contribution in [0.15, 0.2) is 70.3 Å². The molecule has 0 aliphatic carbocycles. The van der Waals surface area contributed by atoms with Crippen LogP contribution in [0.2, 0.25) is 10.0 Å². The lowest BCUT2D eigenvalue weighted by Gasteiger charge is -2.12. The molecule has 0 bridgehead atoms. The monoisotopic (exact) mass is 617 g/mol. The van der Waals surface area contributed by atoms with E-state index < -0.39 is 0 Å². The Morgan fingerprint density at radius 2 is 1.76 bits per heavy atom. The number of halogens is 3. The van der Waals surface area contributed by atoms with Crippen LogP contribution in [0.25, 0.3) is 5.69 Å². The number of nitrogens with zero attached hydrogens (tertiary/aromatic N) is 3. The number of hydrogen-bond acceptors (Lipinski definition) is 5. The van der Waals surface area contributed by atoms with E-state index in [2.05, 4.69) is 36.8 Å². The van der Waals surface area contributed by atoms with Crippen molar-refractivity contribution in [2.75, 3.05) is 11.1 Å². The summed E-state index contributed by atoms with van der Waals surface area (Å²) in [5, 5.41) is 15.6. The number of carbonyl (C=O) groups excluding carboxylic acids is 2. The van der Waals surface area contributed by atoms with E-state index in [0.29, 0.717) is 21.0 Å². The summed E-state index contributed by atoms with van der Waals surface area (Å²) >= 11 is 16.9. The molecule has 0 fully saturated rings. The predicted octanol–water partition coefficient (Wildman–Crippen LogP) is 6.61. The molecule has 4 aromatic rings. The van der Waals surface area contributed by atoms with Crippen molar-refractivity contribution < 1.29 is 9.59 Å². The minimum Gasteiger partial charge on any atom is -0.345 e. The van der Waals surface area contributed by atoms with E-state index in [9.17, 15) is 9.59 Å². The van der Waals surface area contributed by atoms with Gasteiger partial charge in [-0.25, -0.2) is 0 Å². The summed E-state index contributed by atoms with van der Waals surface area (Å²) in [6.45, 7) is 4.01. The largest absolute Gasteiger partial charge is 0.345 e. The number of rotatable bonds is 8. The Hall–Kier alpha value is -2.85. The van der Waals surface area contributed by atoms with Crippen LogP contribution in [0, 0.1) is 13.8 Å². The van der Waals surface area contributed by atoms with Gasteiger partial charge in [0.25, 0.3) is 5.91 Å². The van der Waals surface area contributed by atoms with Gasteiger partial charge in [0.15, 0.2) is 11.0 Å². The minimum absolute atomic E-state index is 0.0833. The molecule has 0 radical (unpaired) electrons. The van der Waals surface area contributed by atoms with Gasteiger partial charge in [-0.15, -0.1) is 10.2 Å². The maximum absolute atomic E-state index is 12.8. The van der Waals surface area contributed by atoms with Crippen LogP contribution >= 0.6 is 50.9 Å². The van der Waals surface area contributed by atoms with E-state index in [1.807, 2.05) is 60.9 Å². The van der Waals surface area contributed by atoms with E-state index in [1.54, 1.807) is 12.1 Å². The number of nitrogens with one attached hydrogen (secondary N) is 2. The Labute approximate surface area is 237 Å². The van der Waals surface area contributed by atoms with Crippen molar-refractivity contribution in [3.05, 3.63) is 97.7 Å². The summed E-state index contributed by atoms with van der Waals surface area (Å²) in [5.41, 5.74) is 3.88. The van der Waals surface area contributed by atoms with Gasteiger partial charge < -0.3 is 10.6 Å². The molecule has 0 unspecified atom stereocenters. The molecule has 2 N–H and O–H groups in total. The van der Waals surface area contributed by atoms with E-state index in [1.165, 1.54) is 17.8 Å². The molecule has 0 atom stereocenters. The highest BCUT2D eigenvalue weighted by Gasteiger charge is 2.18. The summed E-state index contributed by atoms with van der Waals surface area (Å²) in [4.78, 5) is 25.5. The lowest BCUT2D eigenvalue weighted by atomic mass is 10.1. The Morgan fingerprint density at radius 3 is 2.51 bits per heavy atom. The first-order valence-corrected chi connectivity index (χ1v) is 13.7. The van der Waals surface area contributed by atoms with Gasteiger partial charge >= 0.3 is 0 Å². The maximum atomic E-state index is 12.8. The van der Waals surface area contributed by atoms with E-state index in [0.717, 1.165) is 27.0 Å². The van der Waals surface area contributed by atoms with Crippen LogP contribution in [0.5, 0.6) is 0 Å². The summed E-state index contributed by atoms with van der Waals surface area (Å²) in [7, 11) is 0. The first-order valence-electron chi connectivity index (χ1n) is 11.1. The number of thioether (sulfide) groups is 1. The number of aromatic nitrogens is 3. The third-order valence-electron chi connectivity index (χ3n) is 5.36. The van der Waals surface area contributed by atoms with Crippen LogP contribution < -0.4 is 10.6 Å². The van der Waals surface area contributed by atoms with Crippen LogP contribution in [0.3, 0.4) is 0 Å². The lowest BCUT2D eigenvalue weighted by Crippen LogP contribution is -2.25. The topological polar surface area (TPSA) is 88.9 Å². The highest BCUT2D eigenvalue weighted by Crippen LogP contribution is 2.25.